The largest absolute Gasteiger partial charge is 0.478 e. The third-order valence-electron chi connectivity index (χ3n) is 4.92. The summed E-state index contributed by atoms with van der Waals surface area (Å²) in [5, 5.41) is 10.4. The summed E-state index contributed by atoms with van der Waals surface area (Å²) in [5.41, 5.74) is 3.53. The molecule has 1 aliphatic rings. The second-order valence-electron chi connectivity index (χ2n) is 6.21. The summed E-state index contributed by atoms with van der Waals surface area (Å²) in [4.78, 5) is 15.3. The summed E-state index contributed by atoms with van der Waals surface area (Å²) in [6.45, 7) is 0. The first-order valence-electron chi connectivity index (χ1n) is 7.91. The van der Waals surface area contributed by atoms with E-state index in [-0.39, 0.29) is 0 Å². The fourth-order valence-electron chi connectivity index (χ4n) is 3.86. The molecule has 1 saturated carbocycles. The highest BCUT2D eigenvalue weighted by Gasteiger charge is 2.28. The van der Waals surface area contributed by atoms with Crippen LogP contribution in [0.5, 0.6) is 0 Å². The Hall–Kier alpha value is -2.56. The van der Waals surface area contributed by atoms with E-state index in [4.69, 9.17) is 4.42 Å². The van der Waals surface area contributed by atoms with Crippen LogP contribution in [-0.2, 0) is 7.05 Å². The zero-order valence-corrected chi connectivity index (χ0v) is 13.0. The van der Waals surface area contributed by atoms with E-state index in [1.54, 1.807) is 18.3 Å². The molecule has 0 aliphatic heterocycles. The number of fused-ring (bicyclic) bond motifs is 1. The van der Waals surface area contributed by atoms with Crippen LogP contribution in [0.1, 0.15) is 47.5 Å². The number of aryl methyl sites for hydroxylation is 1. The number of aromatic nitrogens is 2. The topological polar surface area (TPSA) is 68.3 Å². The third-order valence-corrected chi connectivity index (χ3v) is 4.92. The SMILES string of the molecule is Cn1c(-c2cnco2)c(C2CCCC2)c2ccc(C(=O)O)cc21. The summed E-state index contributed by atoms with van der Waals surface area (Å²) >= 11 is 0. The van der Waals surface area contributed by atoms with Gasteiger partial charge < -0.3 is 14.1 Å². The lowest BCUT2D eigenvalue weighted by molar-refractivity contribution is 0.0697. The Bertz CT molecular complexity index is 871. The molecule has 5 nitrogen and oxygen atoms in total. The van der Waals surface area contributed by atoms with E-state index in [2.05, 4.69) is 4.98 Å². The minimum absolute atomic E-state index is 0.306. The minimum Gasteiger partial charge on any atom is -0.478 e. The predicted molar refractivity (Wildman–Crippen MR) is 86.6 cm³/mol. The molecular formula is C18H18N2O3. The zero-order chi connectivity index (χ0) is 16.0. The minimum atomic E-state index is -0.906. The first-order chi connectivity index (χ1) is 11.2. The van der Waals surface area contributed by atoms with Crippen LogP contribution in [0.4, 0.5) is 0 Å². The van der Waals surface area contributed by atoms with Gasteiger partial charge in [0.05, 0.1) is 17.5 Å². The van der Waals surface area contributed by atoms with Crippen LogP contribution in [0.15, 0.2) is 35.2 Å². The van der Waals surface area contributed by atoms with Crippen molar-refractivity contribution in [3.63, 3.8) is 0 Å². The van der Waals surface area contributed by atoms with Gasteiger partial charge in [-0.15, -0.1) is 0 Å². The maximum absolute atomic E-state index is 11.3. The first kappa shape index (κ1) is 14.1. The summed E-state index contributed by atoms with van der Waals surface area (Å²) in [6, 6.07) is 5.37. The van der Waals surface area contributed by atoms with Crippen molar-refractivity contribution in [2.45, 2.75) is 31.6 Å². The van der Waals surface area contributed by atoms with Gasteiger partial charge in [0.25, 0.3) is 0 Å². The second-order valence-corrected chi connectivity index (χ2v) is 6.21. The average Bonchev–Trinajstić information content (AvgIpc) is 3.26. The molecule has 5 heteroatoms. The molecule has 118 valence electrons. The molecule has 0 atom stereocenters. The van der Waals surface area contributed by atoms with E-state index in [0.29, 0.717) is 11.5 Å². The number of rotatable bonds is 3. The molecule has 1 N–H and O–H groups in total. The molecule has 0 bridgehead atoms. The van der Waals surface area contributed by atoms with Crippen LogP contribution in [0.2, 0.25) is 0 Å². The van der Waals surface area contributed by atoms with Gasteiger partial charge in [-0.3, -0.25) is 0 Å². The van der Waals surface area contributed by atoms with Crippen molar-refractivity contribution >= 4 is 16.9 Å². The van der Waals surface area contributed by atoms with Crippen molar-refractivity contribution in [1.29, 1.82) is 0 Å². The number of nitrogens with zero attached hydrogens (tertiary/aromatic N) is 2. The van der Waals surface area contributed by atoms with Crippen molar-refractivity contribution in [2.24, 2.45) is 7.05 Å². The van der Waals surface area contributed by atoms with Crippen LogP contribution in [0.3, 0.4) is 0 Å². The molecule has 0 amide bonds. The number of carbonyl (C=O) groups is 1. The molecule has 0 radical (unpaired) electrons. The van der Waals surface area contributed by atoms with Crippen molar-refractivity contribution < 1.29 is 14.3 Å². The standard InChI is InChI=1S/C18H18N2O3/c1-20-14-8-12(18(21)22)6-7-13(14)16(11-4-2-3-5-11)17(20)15-9-19-10-23-15/h6-11H,2-5H2,1H3,(H,21,22). The van der Waals surface area contributed by atoms with Gasteiger partial charge in [-0.25, -0.2) is 9.78 Å². The zero-order valence-electron chi connectivity index (χ0n) is 13.0. The number of carboxylic acid groups (broad SMARTS) is 1. The number of oxazole rings is 1. The number of aromatic carboxylic acids is 1. The lowest BCUT2D eigenvalue weighted by Gasteiger charge is -2.11. The Balaban J connectivity index is 2.03. The van der Waals surface area contributed by atoms with Gasteiger partial charge in [0.1, 0.15) is 0 Å². The van der Waals surface area contributed by atoms with Gasteiger partial charge in [0, 0.05) is 18.0 Å². The van der Waals surface area contributed by atoms with Crippen LogP contribution >= 0.6 is 0 Å². The van der Waals surface area contributed by atoms with Gasteiger partial charge in [0.15, 0.2) is 12.2 Å². The fourth-order valence-corrected chi connectivity index (χ4v) is 3.86. The molecule has 1 aliphatic carbocycles. The van der Waals surface area contributed by atoms with Crippen molar-refractivity contribution in [3.05, 3.63) is 41.9 Å². The van der Waals surface area contributed by atoms with Gasteiger partial charge in [0.2, 0.25) is 0 Å². The van der Waals surface area contributed by atoms with E-state index >= 15 is 0 Å². The van der Waals surface area contributed by atoms with E-state index in [1.165, 1.54) is 37.6 Å². The second kappa shape index (κ2) is 5.26. The molecule has 4 rings (SSSR count). The molecule has 1 aromatic carbocycles. The Morgan fingerprint density at radius 3 is 2.78 bits per heavy atom. The maximum atomic E-state index is 11.3. The van der Waals surface area contributed by atoms with Crippen LogP contribution in [0, 0.1) is 0 Å². The molecule has 0 unspecified atom stereocenters. The molecule has 3 aromatic rings. The van der Waals surface area contributed by atoms with E-state index < -0.39 is 5.97 Å². The molecule has 1 fully saturated rings. The molecule has 0 spiro atoms. The summed E-state index contributed by atoms with van der Waals surface area (Å²) in [7, 11) is 1.96. The Labute approximate surface area is 133 Å². The smallest absolute Gasteiger partial charge is 0.335 e. The number of hydrogen-bond acceptors (Lipinski definition) is 3. The van der Waals surface area contributed by atoms with Crippen molar-refractivity contribution in [3.8, 4) is 11.5 Å². The molecule has 2 aromatic heterocycles. The lowest BCUT2D eigenvalue weighted by Crippen LogP contribution is -1.97. The highest BCUT2D eigenvalue weighted by molar-refractivity contribution is 5.97. The maximum Gasteiger partial charge on any atom is 0.335 e. The fraction of sp³-hybridized carbons (Fsp3) is 0.333. The monoisotopic (exact) mass is 310 g/mol. The molecule has 0 saturated heterocycles. The summed E-state index contributed by atoms with van der Waals surface area (Å²) in [6.07, 6.45) is 7.98. The lowest BCUT2D eigenvalue weighted by atomic mass is 9.93. The summed E-state index contributed by atoms with van der Waals surface area (Å²) < 4.78 is 7.60. The average molecular weight is 310 g/mol. The van der Waals surface area contributed by atoms with Crippen molar-refractivity contribution in [1.82, 2.24) is 9.55 Å². The van der Waals surface area contributed by atoms with E-state index in [0.717, 1.165) is 22.4 Å². The first-order valence-corrected chi connectivity index (χ1v) is 7.91. The van der Waals surface area contributed by atoms with Gasteiger partial charge in [-0.2, -0.15) is 0 Å². The Morgan fingerprint density at radius 1 is 1.35 bits per heavy atom. The number of carboxylic acids is 1. The number of hydrogen-bond donors (Lipinski definition) is 1. The van der Waals surface area contributed by atoms with Gasteiger partial charge in [-0.05, 0) is 36.5 Å². The van der Waals surface area contributed by atoms with Crippen LogP contribution in [-0.4, -0.2) is 20.6 Å². The van der Waals surface area contributed by atoms with E-state index in [9.17, 15) is 9.90 Å². The third kappa shape index (κ3) is 2.15. The van der Waals surface area contributed by atoms with Crippen LogP contribution in [0.25, 0.3) is 22.4 Å². The van der Waals surface area contributed by atoms with Crippen LogP contribution < -0.4 is 0 Å². The molecule has 23 heavy (non-hydrogen) atoms. The number of benzene rings is 1. The Kier molecular flexibility index (Phi) is 3.22. The normalized spacial score (nSPS) is 15.5. The molecular weight excluding hydrogens is 292 g/mol. The van der Waals surface area contributed by atoms with Gasteiger partial charge >= 0.3 is 5.97 Å². The Morgan fingerprint density at radius 2 is 2.13 bits per heavy atom. The van der Waals surface area contributed by atoms with E-state index in [1.807, 2.05) is 17.7 Å². The molecule has 2 heterocycles. The highest BCUT2D eigenvalue weighted by atomic mass is 16.4. The predicted octanol–water partition coefficient (Wildman–Crippen LogP) is 4.19. The summed E-state index contributed by atoms with van der Waals surface area (Å²) in [5.74, 6) is 0.327. The highest BCUT2D eigenvalue weighted by Crippen LogP contribution is 2.44. The quantitative estimate of drug-likeness (QED) is 0.787. The van der Waals surface area contributed by atoms with Crippen molar-refractivity contribution in [2.75, 3.05) is 0 Å². The van der Waals surface area contributed by atoms with Gasteiger partial charge in [-0.1, -0.05) is 18.9 Å².